The molecule has 1 N–H and O–H groups in total. The van der Waals surface area contributed by atoms with Crippen molar-refractivity contribution in [3.63, 3.8) is 0 Å². The normalized spacial score (nSPS) is 12.7. The molecule has 0 bridgehead atoms. The largest absolute Gasteiger partial charge is 0.309 e. The van der Waals surface area contributed by atoms with Crippen LogP contribution in [0.4, 0.5) is 0 Å². The molecule has 4 heteroatoms. The molecule has 0 amide bonds. The van der Waals surface area contributed by atoms with Gasteiger partial charge in [-0.05, 0) is 57.3 Å². The second-order valence-electron chi connectivity index (χ2n) is 4.52. The Morgan fingerprint density at radius 2 is 2.00 bits per heavy atom. The third-order valence-electron chi connectivity index (χ3n) is 2.90. The summed E-state index contributed by atoms with van der Waals surface area (Å²) in [5.41, 5.74) is 1.13. The molecule has 1 aromatic rings. The molecule has 0 aromatic carbocycles. The molecule has 1 heterocycles. The molecule has 0 saturated carbocycles. The minimum Gasteiger partial charge on any atom is -0.309 e. The van der Waals surface area contributed by atoms with Gasteiger partial charge in [0.25, 0.3) is 0 Å². The number of rotatable bonds is 8. The summed E-state index contributed by atoms with van der Waals surface area (Å²) >= 11 is 7.07. The van der Waals surface area contributed by atoms with E-state index >= 15 is 0 Å². The molecule has 0 spiro atoms. The number of pyridine rings is 1. The summed E-state index contributed by atoms with van der Waals surface area (Å²) in [6.45, 7) is 5.48. The zero-order chi connectivity index (χ0) is 13.4. The van der Waals surface area contributed by atoms with Gasteiger partial charge in [0, 0.05) is 15.1 Å². The van der Waals surface area contributed by atoms with Gasteiger partial charge in [-0.1, -0.05) is 33.1 Å². The van der Waals surface area contributed by atoms with E-state index in [0.29, 0.717) is 6.04 Å². The van der Waals surface area contributed by atoms with Gasteiger partial charge in [-0.25, -0.2) is 0 Å². The van der Waals surface area contributed by atoms with E-state index < -0.39 is 0 Å². The van der Waals surface area contributed by atoms with E-state index in [9.17, 15) is 0 Å². The van der Waals surface area contributed by atoms with Crippen molar-refractivity contribution in [1.82, 2.24) is 10.3 Å². The number of unbranched alkanes of at least 4 members (excludes halogenated alkanes) is 2. The van der Waals surface area contributed by atoms with Gasteiger partial charge in [-0.3, -0.25) is 4.98 Å². The Morgan fingerprint density at radius 1 is 1.22 bits per heavy atom. The van der Waals surface area contributed by atoms with Crippen LogP contribution in [0, 0.1) is 0 Å². The fourth-order valence-corrected chi connectivity index (χ4v) is 3.20. The average molecular weight is 378 g/mol. The number of nitrogens with one attached hydrogen (secondary N) is 1. The summed E-state index contributed by atoms with van der Waals surface area (Å²) in [5.74, 6) is 0. The third-order valence-corrected chi connectivity index (χ3v) is 3.97. The van der Waals surface area contributed by atoms with Gasteiger partial charge in [0.1, 0.15) is 0 Å². The molecule has 18 heavy (non-hydrogen) atoms. The maximum Gasteiger partial charge on any atom is 0.0715 e. The first-order chi connectivity index (χ1) is 8.69. The Hall–Kier alpha value is 0.0700. The zero-order valence-corrected chi connectivity index (χ0v) is 14.3. The highest BCUT2D eigenvalue weighted by Crippen LogP contribution is 2.27. The van der Waals surface area contributed by atoms with Crippen LogP contribution in [0.5, 0.6) is 0 Å². The van der Waals surface area contributed by atoms with Crippen molar-refractivity contribution in [2.24, 2.45) is 0 Å². The van der Waals surface area contributed by atoms with Crippen LogP contribution in [-0.2, 0) is 0 Å². The second-order valence-corrected chi connectivity index (χ2v) is 6.29. The smallest absolute Gasteiger partial charge is 0.0715 e. The zero-order valence-electron chi connectivity index (χ0n) is 11.2. The van der Waals surface area contributed by atoms with Crippen molar-refractivity contribution in [2.45, 2.75) is 52.0 Å². The number of hydrogen-bond acceptors (Lipinski definition) is 2. The van der Waals surface area contributed by atoms with Crippen LogP contribution < -0.4 is 5.32 Å². The van der Waals surface area contributed by atoms with E-state index in [1.807, 2.05) is 6.20 Å². The maximum absolute atomic E-state index is 4.55. The van der Waals surface area contributed by atoms with Crippen LogP contribution >= 0.6 is 31.9 Å². The van der Waals surface area contributed by atoms with Gasteiger partial charge in [0.2, 0.25) is 0 Å². The van der Waals surface area contributed by atoms with Crippen molar-refractivity contribution < 1.29 is 0 Å². The summed E-state index contributed by atoms with van der Waals surface area (Å²) in [5, 5.41) is 3.60. The molecule has 0 fully saturated rings. The molecule has 0 aliphatic heterocycles. The van der Waals surface area contributed by atoms with Crippen LogP contribution in [0.2, 0.25) is 0 Å². The standard InChI is InChI=1S/C14H22Br2N2/c1-3-5-6-7-13(17-8-4-2)14-12(16)9-11(15)10-18-14/h9-10,13,17H,3-8H2,1-2H3. The van der Waals surface area contributed by atoms with E-state index in [-0.39, 0.29) is 0 Å². The third kappa shape index (κ3) is 5.37. The van der Waals surface area contributed by atoms with Crippen molar-refractivity contribution in [3.8, 4) is 0 Å². The average Bonchev–Trinajstić information content (AvgIpc) is 2.34. The highest BCUT2D eigenvalue weighted by Gasteiger charge is 2.15. The fraction of sp³-hybridized carbons (Fsp3) is 0.643. The quantitative estimate of drug-likeness (QED) is 0.627. The molecule has 0 aliphatic rings. The predicted octanol–water partition coefficient (Wildman–Crippen LogP) is 5.23. The topological polar surface area (TPSA) is 24.9 Å². The van der Waals surface area contributed by atoms with Crippen molar-refractivity contribution in [3.05, 3.63) is 26.9 Å². The van der Waals surface area contributed by atoms with Gasteiger partial charge >= 0.3 is 0 Å². The molecule has 1 rings (SSSR count). The molecule has 2 nitrogen and oxygen atoms in total. The summed E-state index contributed by atoms with van der Waals surface area (Å²) in [6, 6.07) is 2.43. The first kappa shape index (κ1) is 16.1. The summed E-state index contributed by atoms with van der Waals surface area (Å²) < 4.78 is 2.10. The fourth-order valence-electron chi connectivity index (χ4n) is 1.93. The molecule has 1 unspecified atom stereocenters. The van der Waals surface area contributed by atoms with Gasteiger partial charge in [0.15, 0.2) is 0 Å². The van der Waals surface area contributed by atoms with Gasteiger partial charge < -0.3 is 5.32 Å². The molecule has 1 aromatic heterocycles. The van der Waals surface area contributed by atoms with Crippen LogP contribution in [0.15, 0.2) is 21.2 Å². The highest BCUT2D eigenvalue weighted by molar-refractivity contribution is 9.11. The highest BCUT2D eigenvalue weighted by atomic mass is 79.9. The summed E-state index contributed by atoms with van der Waals surface area (Å²) in [7, 11) is 0. The van der Waals surface area contributed by atoms with Crippen molar-refractivity contribution in [1.29, 1.82) is 0 Å². The molecule has 1 atom stereocenters. The minimum atomic E-state index is 0.360. The van der Waals surface area contributed by atoms with Gasteiger partial charge in [-0.2, -0.15) is 0 Å². The molecular weight excluding hydrogens is 356 g/mol. The molecule has 0 saturated heterocycles. The number of halogens is 2. The molecule has 102 valence electrons. The lowest BCUT2D eigenvalue weighted by molar-refractivity contribution is 0.464. The monoisotopic (exact) mass is 376 g/mol. The minimum absolute atomic E-state index is 0.360. The van der Waals surface area contributed by atoms with Crippen LogP contribution in [0.25, 0.3) is 0 Å². The Morgan fingerprint density at radius 3 is 2.61 bits per heavy atom. The molecule has 0 radical (unpaired) electrons. The maximum atomic E-state index is 4.55. The Bertz CT molecular complexity index is 356. The Balaban J connectivity index is 2.73. The van der Waals surface area contributed by atoms with Crippen molar-refractivity contribution in [2.75, 3.05) is 6.54 Å². The lowest BCUT2D eigenvalue weighted by atomic mass is 10.0. The molecular formula is C14H22Br2N2. The van der Waals surface area contributed by atoms with Crippen LogP contribution in [-0.4, -0.2) is 11.5 Å². The second kappa shape index (κ2) is 9.05. The van der Waals surface area contributed by atoms with E-state index in [0.717, 1.165) is 34.0 Å². The number of hydrogen-bond donors (Lipinski definition) is 1. The summed E-state index contributed by atoms with van der Waals surface area (Å²) in [6.07, 6.45) is 7.98. The lowest BCUT2D eigenvalue weighted by Gasteiger charge is -2.19. The van der Waals surface area contributed by atoms with Gasteiger partial charge in [0.05, 0.1) is 11.7 Å². The number of aromatic nitrogens is 1. The van der Waals surface area contributed by atoms with E-state index in [4.69, 9.17) is 0 Å². The van der Waals surface area contributed by atoms with E-state index in [1.165, 1.54) is 19.3 Å². The van der Waals surface area contributed by atoms with Crippen LogP contribution in [0.3, 0.4) is 0 Å². The summed E-state index contributed by atoms with van der Waals surface area (Å²) in [4.78, 5) is 4.55. The molecule has 0 aliphatic carbocycles. The van der Waals surface area contributed by atoms with E-state index in [1.54, 1.807) is 0 Å². The Kier molecular flexibility index (Phi) is 8.11. The lowest BCUT2D eigenvalue weighted by Crippen LogP contribution is -2.23. The van der Waals surface area contributed by atoms with Crippen molar-refractivity contribution >= 4 is 31.9 Å². The van der Waals surface area contributed by atoms with Gasteiger partial charge in [-0.15, -0.1) is 0 Å². The number of nitrogens with zero attached hydrogens (tertiary/aromatic N) is 1. The first-order valence-electron chi connectivity index (χ1n) is 6.73. The van der Waals surface area contributed by atoms with Crippen LogP contribution in [0.1, 0.15) is 57.7 Å². The Labute approximate surface area is 127 Å². The van der Waals surface area contributed by atoms with E-state index in [2.05, 4.69) is 62.1 Å². The first-order valence-corrected chi connectivity index (χ1v) is 8.32. The SMILES string of the molecule is CCCCCC(NCCC)c1ncc(Br)cc1Br. The predicted molar refractivity (Wildman–Crippen MR) is 84.8 cm³/mol.